The molecule has 1 atom stereocenters. The molecule has 6 heteroatoms. The lowest BCUT2D eigenvalue weighted by molar-refractivity contribution is 0.0932. The Bertz CT molecular complexity index is 1040. The summed E-state index contributed by atoms with van der Waals surface area (Å²) in [5.41, 5.74) is 2.03. The minimum absolute atomic E-state index is 0.226. The zero-order valence-corrected chi connectivity index (χ0v) is 14.7. The molecule has 4 aromatic rings. The van der Waals surface area contributed by atoms with E-state index >= 15 is 0 Å². The van der Waals surface area contributed by atoms with Gasteiger partial charge in [0.15, 0.2) is 11.5 Å². The van der Waals surface area contributed by atoms with Crippen LogP contribution in [0.25, 0.3) is 11.3 Å². The van der Waals surface area contributed by atoms with Gasteiger partial charge >= 0.3 is 0 Å². The number of aryl methyl sites for hydroxylation is 1. The molecule has 2 aromatic heterocycles. The maximum Gasteiger partial charge on any atom is 0.274 e. The number of imidazole rings is 1. The molecule has 0 radical (unpaired) electrons. The third kappa shape index (κ3) is 3.50. The summed E-state index contributed by atoms with van der Waals surface area (Å²) in [6.45, 7) is 0. The van der Waals surface area contributed by atoms with Gasteiger partial charge in [0.05, 0.1) is 0 Å². The Morgan fingerprint density at radius 1 is 1.07 bits per heavy atom. The monoisotopic (exact) mass is 358 g/mol. The van der Waals surface area contributed by atoms with Crippen LogP contribution in [-0.4, -0.2) is 20.6 Å². The molecule has 0 saturated carbocycles. The van der Waals surface area contributed by atoms with E-state index in [2.05, 4.69) is 15.5 Å². The van der Waals surface area contributed by atoms with Crippen LogP contribution in [0.1, 0.15) is 27.9 Å². The Hall–Kier alpha value is -3.67. The first-order valence-corrected chi connectivity index (χ1v) is 8.57. The lowest BCUT2D eigenvalue weighted by atomic mass is 10.1. The summed E-state index contributed by atoms with van der Waals surface area (Å²) in [6, 6.07) is 20.5. The number of carbonyl (C=O) groups excluding carboxylic acids is 1. The van der Waals surface area contributed by atoms with Gasteiger partial charge in [0.2, 0.25) is 0 Å². The molecule has 2 heterocycles. The van der Waals surface area contributed by atoms with Crippen molar-refractivity contribution >= 4 is 5.91 Å². The van der Waals surface area contributed by atoms with E-state index < -0.39 is 6.04 Å². The van der Waals surface area contributed by atoms with E-state index in [-0.39, 0.29) is 11.6 Å². The molecule has 2 aromatic carbocycles. The predicted molar refractivity (Wildman–Crippen MR) is 101 cm³/mol. The summed E-state index contributed by atoms with van der Waals surface area (Å²) in [6.07, 6.45) is 3.56. The van der Waals surface area contributed by atoms with Crippen molar-refractivity contribution in [2.24, 2.45) is 7.05 Å². The molecular weight excluding hydrogens is 340 g/mol. The van der Waals surface area contributed by atoms with Crippen LogP contribution in [0.2, 0.25) is 0 Å². The minimum atomic E-state index is -0.393. The standard InChI is InChI=1S/C21H18N4O2/c1-25-13-12-22-20(25)19(16-10-6-3-7-11-16)23-21(26)17-14-18(27-24-17)15-8-4-2-5-9-15/h2-14,19H,1H3,(H,23,26)/t19-/m0/s1. The molecule has 0 spiro atoms. The SMILES string of the molecule is Cn1ccnc1[C@@H](NC(=O)c1cc(-c2ccccc2)on1)c1ccccc1. The third-order valence-electron chi connectivity index (χ3n) is 4.33. The van der Waals surface area contributed by atoms with Gasteiger partial charge in [-0.2, -0.15) is 0 Å². The second kappa shape index (κ2) is 7.29. The summed E-state index contributed by atoms with van der Waals surface area (Å²) in [5.74, 6) is 0.966. The highest BCUT2D eigenvalue weighted by molar-refractivity contribution is 5.93. The van der Waals surface area contributed by atoms with Crippen molar-refractivity contribution in [1.82, 2.24) is 20.0 Å². The molecule has 134 valence electrons. The first-order chi connectivity index (χ1) is 13.2. The van der Waals surface area contributed by atoms with Gasteiger partial charge < -0.3 is 14.4 Å². The Labute approximate surface area is 156 Å². The third-order valence-corrected chi connectivity index (χ3v) is 4.33. The van der Waals surface area contributed by atoms with Crippen LogP contribution in [-0.2, 0) is 7.05 Å². The number of carbonyl (C=O) groups is 1. The lowest BCUT2D eigenvalue weighted by Crippen LogP contribution is -2.31. The number of hydrogen-bond donors (Lipinski definition) is 1. The minimum Gasteiger partial charge on any atom is -0.355 e. The van der Waals surface area contributed by atoms with Crippen molar-refractivity contribution in [3.63, 3.8) is 0 Å². The van der Waals surface area contributed by atoms with Gasteiger partial charge in [-0.25, -0.2) is 4.98 Å². The van der Waals surface area contributed by atoms with Gasteiger partial charge in [-0.15, -0.1) is 0 Å². The fourth-order valence-corrected chi connectivity index (χ4v) is 2.92. The van der Waals surface area contributed by atoms with E-state index in [1.807, 2.05) is 78.5 Å². The Balaban J connectivity index is 1.61. The van der Waals surface area contributed by atoms with E-state index in [4.69, 9.17) is 4.52 Å². The molecule has 4 rings (SSSR count). The Morgan fingerprint density at radius 3 is 2.44 bits per heavy atom. The summed E-state index contributed by atoms with van der Waals surface area (Å²) in [5, 5.41) is 6.94. The van der Waals surface area contributed by atoms with Crippen LogP contribution in [0.15, 0.2) is 83.6 Å². The second-order valence-electron chi connectivity index (χ2n) is 6.16. The number of nitrogens with one attached hydrogen (secondary N) is 1. The van der Waals surface area contributed by atoms with E-state index in [9.17, 15) is 4.79 Å². The molecule has 0 aliphatic rings. The van der Waals surface area contributed by atoms with Gasteiger partial charge in [0.25, 0.3) is 5.91 Å². The first-order valence-electron chi connectivity index (χ1n) is 8.57. The number of nitrogens with zero attached hydrogens (tertiary/aromatic N) is 3. The van der Waals surface area contributed by atoms with Crippen LogP contribution < -0.4 is 5.32 Å². The van der Waals surface area contributed by atoms with Gasteiger partial charge in [-0.1, -0.05) is 65.8 Å². The maximum absolute atomic E-state index is 12.8. The van der Waals surface area contributed by atoms with Crippen LogP contribution in [0.5, 0.6) is 0 Å². The highest BCUT2D eigenvalue weighted by Crippen LogP contribution is 2.23. The highest BCUT2D eigenvalue weighted by Gasteiger charge is 2.23. The van der Waals surface area contributed by atoms with Crippen molar-refractivity contribution in [3.8, 4) is 11.3 Å². The predicted octanol–water partition coefficient (Wildman–Crippen LogP) is 3.59. The van der Waals surface area contributed by atoms with Gasteiger partial charge in [-0.05, 0) is 5.56 Å². The smallest absolute Gasteiger partial charge is 0.274 e. The fourth-order valence-electron chi connectivity index (χ4n) is 2.92. The van der Waals surface area contributed by atoms with Crippen molar-refractivity contribution in [1.29, 1.82) is 0 Å². The molecular formula is C21H18N4O2. The summed E-state index contributed by atoms with van der Waals surface area (Å²) in [7, 11) is 1.90. The largest absolute Gasteiger partial charge is 0.355 e. The molecule has 27 heavy (non-hydrogen) atoms. The van der Waals surface area contributed by atoms with E-state index in [1.54, 1.807) is 12.3 Å². The van der Waals surface area contributed by atoms with Gasteiger partial charge in [-0.3, -0.25) is 4.79 Å². The van der Waals surface area contributed by atoms with E-state index in [0.717, 1.165) is 17.0 Å². The van der Waals surface area contributed by atoms with E-state index in [0.29, 0.717) is 5.76 Å². The summed E-state index contributed by atoms with van der Waals surface area (Å²) < 4.78 is 7.23. The van der Waals surface area contributed by atoms with Crippen molar-refractivity contribution < 1.29 is 9.32 Å². The molecule has 1 N–H and O–H groups in total. The normalized spacial score (nSPS) is 11.9. The number of aromatic nitrogens is 3. The van der Waals surface area contributed by atoms with Crippen LogP contribution >= 0.6 is 0 Å². The number of benzene rings is 2. The number of hydrogen-bond acceptors (Lipinski definition) is 4. The number of amides is 1. The molecule has 0 saturated heterocycles. The average molecular weight is 358 g/mol. The zero-order chi connectivity index (χ0) is 18.6. The Kier molecular flexibility index (Phi) is 4.53. The Morgan fingerprint density at radius 2 is 1.78 bits per heavy atom. The van der Waals surface area contributed by atoms with Crippen LogP contribution in [0.4, 0.5) is 0 Å². The topological polar surface area (TPSA) is 73.0 Å². The van der Waals surface area contributed by atoms with Crippen molar-refractivity contribution in [3.05, 3.63) is 96.2 Å². The van der Waals surface area contributed by atoms with Gasteiger partial charge in [0.1, 0.15) is 11.9 Å². The summed E-state index contributed by atoms with van der Waals surface area (Å²) >= 11 is 0. The fraction of sp³-hybridized carbons (Fsp3) is 0.0952. The van der Waals surface area contributed by atoms with Crippen LogP contribution in [0, 0.1) is 0 Å². The molecule has 6 nitrogen and oxygen atoms in total. The zero-order valence-electron chi connectivity index (χ0n) is 14.7. The number of rotatable bonds is 5. The lowest BCUT2D eigenvalue weighted by Gasteiger charge is -2.18. The second-order valence-corrected chi connectivity index (χ2v) is 6.16. The molecule has 1 amide bonds. The average Bonchev–Trinajstić information content (AvgIpc) is 3.37. The first kappa shape index (κ1) is 16.8. The van der Waals surface area contributed by atoms with Crippen LogP contribution in [0.3, 0.4) is 0 Å². The molecule has 0 unspecified atom stereocenters. The summed E-state index contributed by atoms with van der Waals surface area (Å²) in [4.78, 5) is 17.2. The van der Waals surface area contributed by atoms with E-state index in [1.165, 1.54) is 0 Å². The molecule has 0 bridgehead atoms. The van der Waals surface area contributed by atoms with Crippen molar-refractivity contribution in [2.45, 2.75) is 6.04 Å². The molecule has 0 aliphatic carbocycles. The molecule has 0 aliphatic heterocycles. The van der Waals surface area contributed by atoms with Crippen molar-refractivity contribution in [2.75, 3.05) is 0 Å². The molecule has 0 fully saturated rings. The quantitative estimate of drug-likeness (QED) is 0.592. The van der Waals surface area contributed by atoms with Gasteiger partial charge in [0, 0.05) is 31.1 Å². The highest BCUT2D eigenvalue weighted by atomic mass is 16.5. The maximum atomic E-state index is 12.8.